The normalized spacial score (nSPS) is 27.0. The fraction of sp³-hybridized carbons (Fsp3) is 0.526. The van der Waals surface area contributed by atoms with Crippen LogP contribution in [0.4, 0.5) is 5.69 Å². The topological polar surface area (TPSA) is 76.2 Å². The molecule has 0 spiro atoms. The minimum atomic E-state index is -0.457. The summed E-state index contributed by atoms with van der Waals surface area (Å²) in [5.74, 6) is -0.872. The van der Waals surface area contributed by atoms with E-state index in [9.17, 15) is 14.4 Å². The first-order valence-corrected chi connectivity index (χ1v) is 8.94. The average Bonchev–Trinajstić information content (AvgIpc) is 2.89. The summed E-state index contributed by atoms with van der Waals surface area (Å²) in [5, 5.41) is 0. The second-order valence-electron chi connectivity index (χ2n) is 6.77. The maximum atomic E-state index is 12.9. The third kappa shape index (κ3) is 3.64. The number of carbonyl (C=O) groups is 3. The van der Waals surface area contributed by atoms with Gasteiger partial charge in [-0.15, -0.1) is 0 Å². The molecule has 26 heavy (non-hydrogen) atoms. The lowest BCUT2D eigenvalue weighted by Crippen LogP contribution is -2.52. The minimum Gasteiger partial charge on any atom is -0.462 e. The van der Waals surface area contributed by atoms with Crippen LogP contribution in [0.5, 0.6) is 0 Å². The van der Waals surface area contributed by atoms with E-state index in [2.05, 4.69) is 0 Å². The van der Waals surface area contributed by atoms with Gasteiger partial charge in [-0.25, -0.2) is 9.69 Å². The molecule has 3 atom stereocenters. The standard InChI is InChI=1S/C19H24N2O5/c1-4-25-19(24)14-5-7-15(8-6-14)21-17(22)9-16(18(21)23)20-10-12(2)26-13(3)11-20/h5-8,12-13,16H,4,9-11H2,1-3H3/t12-,13-,16+/m0/s1. The zero-order valence-corrected chi connectivity index (χ0v) is 15.3. The molecular formula is C19H24N2O5. The zero-order valence-electron chi connectivity index (χ0n) is 15.3. The second kappa shape index (κ2) is 7.55. The molecule has 2 aliphatic rings. The Kier molecular flexibility index (Phi) is 5.38. The number of esters is 1. The number of morpholine rings is 1. The van der Waals surface area contributed by atoms with Crippen LogP contribution in [0.3, 0.4) is 0 Å². The van der Waals surface area contributed by atoms with E-state index in [1.807, 2.05) is 18.7 Å². The number of nitrogens with zero attached hydrogens (tertiary/aromatic N) is 2. The van der Waals surface area contributed by atoms with Crippen LogP contribution in [0.2, 0.25) is 0 Å². The van der Waals surface area contributed by atoms with Crippen molar-refractivity contribution in [3.63, 3.8) is 0 Å². The van der Waals surface area contributed by atoms with Gasteiger partial charge in [-0.1, -0.05) is 0 Å². The van der Waals surface area contributed by atoms with Gasteiger partial charge in [0.25, 0.3) is 5.91 Å². The van der Waals surface area contributed by atoms with Gasteiger partial charge in [-0.3, -0.25) is 14.5 Å². The van der Waals surface area contributed by atoms with Gasteiger partial charge < -0.3 is 9.47 Å². The highest BCUT2D eigenvalue weighted by molar-refractivity contribution is 6.22. The summed E-state index contributed by atoms with van der Waals surface area (Å²) in [6.45, 7) is 7.22. The van der Waals surface area contributed by atoms with Crippen molar-refractivity contribution >= 4 is 23.5 Å². The fourth-order valence-corrected chi connectivity index (χ4v) is 3.61. The highest BCUT2D eigenvalue weighted by atomic mass is 16.5. The quantitative estimate of drug-likeness (QED) is 0.600. The second-order valence-corrected chi connectivity index (χ2v) is 6.77. The lowest BCUT2D eigenvalue weighted by molar-refractivity contribution is -0.127. The molecule has 2 saturated heterocycles. The van der Waals surface area contributed by atoms with Crippen molar-refractivity contribution in [3.05, 3.63) is 29.8 Å². The molecule has 1 aromatic rings. The first-order valence-electron chi connectivity index (χ1n) is 8.94. The SMILES string of the molecule is CCOC(=O)c1ccc(N2C(=O)C[C@@H](N3C[C@H](C)O[C@@H](C)C3)C2=O)cc1. The molecule has 140 valence electrons. The Morgan fingerprint density at radius 1 is 1.15 bits per heavy atom. The number of amides is 2. The molecule has 0 aromatic heterocycles. The number of anilines is 1. The lowest BCUT2D eigenvalue weighted by Gasteiger charge is -2.37. The third-order valence-electron chi connectivity index (χ3n) is 4.65. The van der Waals surface area contributed by atoms with E-state index in [1.54, 1.807) is 31.2 Å². The van der Waals surface area contributed by atoms with Gasteiger partial charge in [0.15, 0.2) is 0 Å². The molecule has 0 radical (unpaired) electrons. The lowest BCUT2D eigenvalue weighted by atomic mass is 10.1. The van der Waals surface area contributed by atoms with Gasteiger partial charge >= 0.3 is 5.97 Å². The summed E-state index contributed by atoms with van der Waals surface area (Å²) in [5.41, 5.74) is 0.868. The van der Waals surface area contributed by atoms with Crippen LogP contribution in [-0.4, -0.2) is 60.6 Å². The molecule has 0 unspecified atom stereocenters. The monoisotopic (exact) mass is 360 g/mol. The molecule has 2 heterocycles. The Balaban J connectivity index is 1.76. The first kappa shape index (κ1) is 18.5. The molecule has 2 aliphatic heterocycles. The molecule has 7 nitrogen and oxygen atoms in total. The van der Waals surface area contributed by atoms with E-state index in [-0.39, 0.29) is 30.4 Å². The van der Waals surface area contributed by atoms with Crippen LogP contribution in [0.1, 0.15) is 37.6 Å². The van der Waals surface area contributed by atoms with E-state index in [1.165, 1.54) is 4.90 Å². The van der Waals surface area contributed by atoms with Gasteiger partial charge in [-0.05, 0) is 45.0 Å². The summed E-state index contributed by atoms with van der Waals surface area (Å²) < 4.78 is 10.7. The number of hydrogen-bond acceptors (Lipinski definition) is 6. The highest BCUT2D eigenvalue weighted by Crippen LogP contribution is 2.28. The van der Waals surface area contributed by atoms with E-state index in [0.29, 0.717) is 30.9 Å². The molecule has 7 heteroatoms. The first-order chi connectivity index (χ1) is 12.4. The molecule has 3 rings (SSSR count). The summed E-state index contributed by atoms with van der Waals surface area (Å²) in [6, 6.07) is 5.89. The van der Waals surface area contributed by atoms with Crippen LogP contribution in [0.25, 0.3) is 0 Å². The maximum absolute atomic E-state index is 12.9. The molecule has 0 aliphatic carbocycles. The van der Waals surface area contributed by atoms with Crippen molar-refractivity contribution in [1.29, 1.82) is 0 Å². The van der Waals surface area contributed by atoms with Crippen molar-refractivity contribution in [2.24, 2.45) is 0 Å². The van der Waals surface area contributed by atoms with E-state index < -0.39 is 12.0 Å². The van der Waals surface area contributed by atoms with E-state index in [0.717, 1.165) is 0 Å². The summed E-state index contributed by atoms with van der Waals surface area (Å²) in [4.78, 5) is 40.3. The predicted octanol–water partition coefficient (Wildman–Crippen LogP) is 1.60. The summed E-state index contributed by atoms with van der Waals surface area (Å²) in [6.07, 6.45) is 0.219. The molecule has 0 bridgehead atoms. The Bertz CT molecular complexity index is 692. The molecule has 1 aromatic carbocycles. The Morgan fingerprint density at radius 3 is 2.35 bits per heavy atom. The van der Waals surface area contributed by atoms with Crippen molar-refractivity contribution < 1.29 is 23.9 Å². The summed E-state index contributed by atoms with van der Waals surface area (Å²) in [7, 11) is 0. The molecule has 0 saturated carbocycles. The number of ether oxygens (including phenoxy) is 2. The smallest absolute Gasteiger partial charge is 0.338 e. The minimum absolute atomic E-state index is 0.0274. The predicted molar refractivity (Wildman–Crippen MR) is 94.9 cm³/mol. The number of carbonyl (C=O) groups excluding carboxylic acids is 3. The van der Waals surface area contributed by atoms with Gasteiger partial charge in [0, 0.05) is 13.1 Å². The van der Waals surface area contributed by atoms with Gasteiger partial charge in [0.1, 0.15) is 0 Å². The molecule has 0 N–H and O–H groups in total. The number of rotatable bonds is 4. The van der Waals surface area contributed by atoms with Gasteiger partial charge in [0.2, 0.25) is 5.91 Å². The van der Waals surface area contributed by atoms with Crippen LogP contribution in [0.15, 0.2) is 24.3 Å². The van der Waals surface area contributed by atoms with Crippen molar-refractivity contribution in [2.45, 2.75) is 45.4 Å². The molecule has 2 fully saturated rings. The Labute approximate surface area is 152 Å². The van der Waals surface area contributed by atoms with Gasteiger partial charge in [0.05, 0.1) is 42.5 Å². The Morgan fingerprint density at radius 2 is 1.77 bits per heavy atom. The number of hydrogen-bond donors (Lipinski definition) is 0. The molecule has 2 amide bonds. The van der Waals surface area contributed by atoms with Crippen molar-refractivity contribution in [2.75, 3.05) is 24.6 Å². The number of imide groups is 1. The Hall–Kier alpha value is -2.25. The molecular weight excluding hydrogens is 336 g/mol. The van der Waals surface area contributed by atoms with Crippen molar-refractivity contribution in [3.8, 4) is 0 Å². The van der Waals surface area contributed by atoms with Crippen LogP contribution >= 0.6 is 0 Å². The van der Waals surface area contributed by atoms with Crippen LogP contribution in [-0.2, 0) is 19.1 Å². The highest BCUT2D eigenvalue weighted by Gasteiger charge is 2.44. The van der Waals surface area contributed by atoms with E-state index >= 15 is 0 Å². The maximum Gasteiger partial charge on any atom is 0.338 e. The van der Waals surface area contributed by atoms with E-state index in [4.69, 9.17) is 9.47 Å². The van der Waals surface area contributed by atoms with Crippen LogP contribution < -0.4 is 4.90 Å². The van der Waals surface area contributed by atoms with Crippen molar-refractivity contribution in [1.82, 2.24) is 4.90 Å². The third-order valence-corrected chi connectivity index (χ3v) is 4.65. The van der Waals surface area contributed by atoms with Crippen LogP contribution in [0, 0.1) is 0 Å². The van der Waals surface area contributed by atoms with Gasteiger partial charge in [-0.2, -0.15) is 0 Å². The number of benzene rings is 1. The average molecular weight is 360 g/mol. The summed E-state index contributed by atoms with van der Waals surface area (Å²) >= 11 is 0. The largest absolute Gasteiger partial charge is 0.462 e. The fourth-order valence-electron chi connectivity index (χ4n) is 3.61. The zero-order chi connectivity index (χ0) is 18.8.